The number of hydrogen-bond acceptors (Lipinski definition) is 3. The molecule has 2 rings (SSSR count). The van der Waals surface area contributed by atoms with Crippen LogP contribution in [0.4, 0.5) is 5.82 Å². The third-order valence-corrected chi connectivity index (χ3v) is 4.04. The first-order valence-corrected chi connectivity index (χ1v) is 8.38. The van der Waals surface area contributed by atoms with Gasteiger partial charge in [-0.05, 0) is 37.3 Å². The number of hydrogen-bond donors (Lipinski definition) is 2. The molecule has 1 aliphatic heterocycles. The number of terminal acetylenes is 1. The minimum Gasteiger partial charge on any atom is -0.357 e. The standard InChI is InChI=1S/C18H27N5/c1-4-10-20-18(19-5-2)22-14-16-6-7-17(21-13-16)23-11-8-15(3)9-12-23/h1,6-7,13,15H,5,8-12,14H2,2-3H3,(H2,19,20,22). The summed E-state index contributed by atoms with van der Waals surface area (Å²) in [6.07, 6.45) is 9.69. The molecule has 23 heavy (non-hydrogen) atoms. The van der Waals surface area contributed by atoms with E-state index in [1.807, 2.05) is 13.1 Å². The predicted molar refractivity (Wildman–Crippen MR) is 96.5 cm³/mol. The van der Waals surface area contributed by atoms with Crippen LogP contribution in [0, 0.1) is 18.3 Å². The van der Waals surface area contributed by atoms with E-state index in [9.17, 15) is 0 Å². The molecule has 124 valence electrons. The smallest absolute Gasteiger partial charge is 0.192 e. The Morgan fingerprint density at radius 3 is 2.78 bits per heavy atom. The zero-order valence-corrected chi connectivity index (χ0v) is 14.2. The molecule has 0 radical (unpaired) electrons. The largest absolute Gasteiger partial charge is 0.357 e. The third kappa shape index (κ3) is 5.48. The first-order chi connectivity index (χ1) is 11.2. The fourth-order valence-corrected chi connectivity index (χ4v) is 2.58. The molecule has 2 heterocycles. The zero-order chi connectivity index (χ0) is 16.5. The molecular formula is C18H27N5. The molecule has 0 bridgehead atoms. The Hall–Kier alpha value is -2.22. The molecule has 1 aliphatic rings. The summed E-state index contributed by atoms with van der Waals surface area (Å²) in [4.78, 5) is 11.5. The van der Waals surface area contributed by atoms with Crippen molar-refractivity contribution < 1.29 is 0 Å². The minimum atomic E-state index is 0.469. The average molecular weight is 313 g/mol. The topological polar surface area (TPSA) is 52.6 Å². The molecule has 0 aliphatic carbocycles. The van der Waals surface area contributed by atoms with Crippen molar-refractivity contribution in [3.05, 3.63) is 23.9 Å². The number of anilines is 1. The van der Waals surface area contributed by atoms with Crippen LogP contribution in [0.15, 0.2) is 23.3 Å². The number of aliphatic imine (C=N–C) groups is 1. The van der Waals surface area contributed by atoms with Crippen LogP contribution in [0.3, 0.4) is 0 Å². The SMILES string of the molecule is C#CCNC(=NCc1ccc(N2CCC(C)CC2)nc1)NCC. The molecule has 1 saturated heterocycles. The Labute approximate surface area is 139 Å². The van der Waals surface area contributed by atoms with E-state index in [0.717, 1.165) is 42.9 Å². The van der Waals surface area contributed by atoms with Crippen LogP contribution >= 0.6 is 0 Å². The van der Waals surface area contributed by atoms with E-state index in [1.165, 1.54) is 12.8 Å². The summed E-state index contributed by atoms with van der Waals surface area (Å²) >= 11 is 0. The van der Waals surface area contributed by atoms with Crippen molar-refractivity contribution >= 4 is 11.8 Å². The molecule has 2 N–H and O–H groups in total. The molecule has 0 spiro atoms. The Morgan fingerprint density at radius 2 is 2.17 bits per heavy atom. The molecule has 0 amide bonds. The Kier molecular flexibility index (Phi) is 6.74. The predicted octanol–water partition coefficient (Wildman–Crippen LogP) is 2.01. The van der Waals surface area contributed by atoms with Crippen molar-refractivity contribution in [1.29, 1.82) is 0 Å². The van der Waals surface area contributed by atoms with Crippen molar-refractivity contribution in [2.45, 2.75) is 33.2 Å². The lowest BCUT2D eigenvalue weighted by atomic mass is 9.99. The van der Waals surface area contributed by atoms with Crippen LogP contribution in [0.1, 0.15) is 32.3 Å². The molecule has 0 atom stereocenters. The molecule has 1 aromatic rings. The number of pyridine rings is 1. The molecule has 1 fully saturated rings. The number of piperidine rings is 1. The van der Waals surface area contributed by atoms with Crippen molar-refractivity contribution in [2.24, 2.45) is 10.9 Å². The maximum absolute atomic E-state index is 5.27. The van der Waals surface area contributed by atoms with Gasteiger partial charge in [0, 0.05) is 25.8 Å². The van der Waals surface area contributed by atoms with Gasteiger partial charge >= 0.3 is 0 Å². The zero-order valence-electron chi connectivity index (χ0n) is 14.2. The second kappa shape index (κ2) is 9.04. The summed E-state index contributed by atoms with van der Waals surface area (Å²) in [6, 6.07) is 4.21. The van der Waals surface area contributed by atoms with Gasteiger partial charge in [0.15, 0.2) is 5.96 Å². The first kappa shape index (κ1) is 17.1. The van der Waals surface area contributed by atoms with E-state index in [1.54, 1.807) is 0 Å². The highest BCUT2D eigenvalue weighted by Crippen LogP contribution is 2.21. The summed E-state index contributed by atoms with van der Waals surface area (Å²) in [6.45, 7) is 8.42. The summed E-state index contributed by atoms with van der Waals surface area (Å²) in [5.74, 6) is 5.19. The molecule has 1 aromatic heterocycles. The van der Waals surface area contributed by atoms with Crippen LogP contribution < -0.4 is 15.5 Å². The van der Waals surface area contributed by atoms with Crippen LogP contribution in [0.25, 0.3) is 0 Å². The Bertz CT molecular complexity index is 536. The first-order valence-electron chi connectivity index (χ1n) is 8.38. The van der Waals surface area contributed by atoms with E-state index < -0.39 is 0 Å². The number of guanidine groups is 1. The maximum Gasteiger partial charge on any atom is 0.192 e. The normalized spacial score (nSPS) is 16.0. The number of rotatable bonds is 5. The second-order valence-electron chi connectivity index (χ2n) is 5.95. The van der Waals surface area contributed by atoms with Crippen molar-refractivity contribution in [1.82, 2.24) is 15.6 Å². The Balaban J connectivity index is 1.92. The van der Waals surface area contributed by atoms with Gasteiger partial charge in [-0.1, -0.05) is 18.9 Å². The quantitative estimate of drug-likeness (QED) is 0.496. The van der Waals surface area contributed by atoms with Crippen molar-refractivity contribution in [3.8, 4) is 12.3 Å². The number of nitrogens with one attached hydrogen (secondary N) is 2. The molecule has 0 aromatic carbocycles. The van der Waals surface area contributed by atoms with Gasteiger partial charge in [-0.15, -0.1) is 6.42 Å². The van der Waals surface area contributed by atoms with E-state index in [2.05, 4.69) is 50.5 Å². The minimum absolute atomic E-state index is 0.469. The summed E-state index contributed by atoms with van der Waals surface area (Å²) < 4.78 is 0. The van der Waals surface area contributed by atoms with Crippen molar-refractivity contribution in [2.75, 3.05) is 31.1 Å². The van der Waals surface area contributed by atoms with Crippen LogP contribution in [0.2, 0.25) is 0 Å². The lowest BCUT2D eigenvalue weighted by molar-refractivity contribution is 0.436. The molecular weight excluding hydrogens is 286 g/mol. The lowest BCUT2D eigenvalue weighted by Gasteiger charge is -2.31. The van der Waals surface area contributed by atoms with Gasteiger partial charge in [-0.2, -0.15) is 0 Å². The Morgan fingerprint density at radius 1 is 1.39 bits per heavy atom. The average Bonchev–Trinajstić information content (AvgIpc) is 2.58. The summed E-state index contributed by atoms with van der Waals surface area (Å²) in [5, 5.41) is 6.25. The molecule has 0 unspecified atom stereocenters. The second-order valence-corrected chi connectivity index (χ2v) is 5.95. The van der Waals surface area contributed by atoms with Gasteiger partial charge in [0.05, 0.1) is 13.1 Å². The van der Waals surface area contributed by atoms with Crippen LogP contribution in [-0.4, -0.2) is 37.1 Å². The van der Waals surface area contributed by atoms with Crippen molar-refractivity contribution in [3.63, 3.8) is 0 Å². The van der Waals surface area contributed by atoms with E-state index in [0.29, 0.717) is 13.1 Å². The third-order valence-electron chi connectivity index (χ3n) is 4.04. The fourth-order valence-electron chi connectivity index (χ4n) is 2.58. The number of aromatic nitrogens is 1. The lowest BCUT2D eigenvalue weighted by Crippen LogP contribution is -2.37. The molecule has 0 saturated carbocycles. The fraction of sp³-hybridized carbons (Fsp3) is 0.556. The van der Waals surface area contributed by atoms with Gasteiger partial charge in [0.25, 0.3) is 0 Å². The van der Waals surface area contributed by atoms with E-state index in [-0.39, 0.29) is 0 Å². The van der Waals surface area contributed by atoms with Gasteiger partial charge in [-0.25, -0.2) is 9.98 Å². The highest BCUT2D eigenvalue weighted by atomic mass is 15.2. The van der Waals surface area contributed by atoms with Crippen LogP contribution in [-0.2, 0) is 6.54 Å². The summed E-state index contributed by atoms with van der Waals surface area (Å²) in [7, 11) is 0. The highest BCUT2D eigenvalue weighted by molar-refractivity contribution is 5.79. The van der Waals surface area contributed by atoms with Gasteiger partial charge in [0.1, 0.15) is 5.82 Å². The van der Waals surface area contributed by atoms with E-state index in [4.69, 9.17) is 6.42 Å². The maximum atomic E-state index is 5.27. The van der Waals surface area contributed by atoms with E-state index >= 15 is 0 Å². The summed E-state index contributed by atoms with van der Waals surface area (Å²) in [5.41, 5.74) is 1.09. The number of nitrogens with zero attached hydrogens (tertiary/aromatic N) is 3. The van der Waals surface area contributed by atoms with Crippen LogP contribution in [0.5, 0.6) is 0 Å². The highest BCUT2D eigenvalue weighted by Gasteiger charge is 2.16. The molecule has 5 heteroatoms. The monoisotopic (exact) mass is 313 g/mol. The van der Waals surface area contributed by atoms with Gasteiger partial charge < -0.3 is 15.5 Å². The van der Waals surface area contributed by atoms with Gasteiger partial charge in [0.2, 0.25) is 0 Å². The van der Waals surface area contributed by atoms with Gasteiger partial charge in [-0.3, -0.25) is 0 Å². The molecule has 5 nitrogen and oxygen atoms in total.